The number of aromatic nitrogens is 3. The summed E-state index contributed by atoms with van der Waals surface area (Å²) in [7, 11) is 1.87. The Balaban J connectivity index is 1.53. The van der Waals surface area contributed by atoms with E-state index in [1.54, 1.807) is 10.9 Å². The Bertz CT molecular complexity index is 936. The molecule has 0 saturated heterocycles. The molecule has 0 radical (unpaired) electrons. The van der Waals surface area contributed by atoms with Crippen molar-refractivity contribution >= 4 is 16.8 Å². The van der Waals surface area contributed by atoms with Crippen molar-refractivity contribution in [2.24, 2.45) is 13.0 Å². The molecule has 4 rings (SSSR count). The summed E-state index contributed by atoms with van der Waals surface area (Å²) in [5.74, 6) is 0.246. The van der Waals surface area contributed by atoms with Gasteiger partial charge in [0.2, 0.25) is 5.91 Å². The van der Waals surface area contributed by atoms with Crippen LogP contribution in [0.15, 0.2) is 36.7 Å². The lowest BCUT2D eigenvalue weighted by Crippen LogP contribution is -2.41. The number of para-hydroxylation sites is 1. The summed E-state index contributed by atoms with van der Waals surface area (Å²) < 4.78 is 1.74. The molecule has 3 N–H and O–H groups in total. The monoisotopic (exact) mass is 352 g/mol. The first-order valence-corrected chi connectivity index (χ1v) is 9.03. The van der Waals surface area contributed by atoms with E-state index >= 15 is 0 Å². The van der Waals surface area contributed by atoms with E-state index in [2.05, 4.69) is 15.4 Å². The van der Waals surface area contributed by atoms with Gasteiger partial charge in [-0.25, -0.2) is 0 Å². The number of H-pyrrole nitrogens is 1. The zero-order valence-electron chi connectivity index (χ0n) is 15.1. The van der Waals surface area contributed by atoms with Crippen LogP contribution in [-0.4, -0.2) is 31.9 Å². The number of aryl methyl sites for hydroxylation is 2. The third-order valence-electron chi connectivity index (χ3n) is 5.39. The highest BCUT2D eigenvalue weighted by Gasteiger charge is 2.36. The fourth-order valence-corrected chi connectivity index (χ4v) is 3.92. The molecule has 0 bridgehead atoms. The molecule has 3 aromatic rings. The Morgan fingerprint density at radius 1 is 1.42 bits per heavy atom. The minimum Gasteiger partial charge on any atom is -0.393 e. The number of aliphatic hydroxyl groups excluding tert-OH is 1. The Kier molecular flexibility index (Phi) is 4.28. The molecule has 2 aromatic heterocycles. The van der Waals surface area contributed by atoms with E-state index < -0.39 is 0 Å². The van der Waals surface area contributed by atoms with Gasteiger partial charge in [-0.05, 0) is 37.3 Å². The molecule has 26 heavy (non-hydrogen) atoms. The summed E-state index contributed by atoms with van der Waals surface area (Å²) in [6, 6.07) is 7.94. The van der Waals surface area contributed by atoms with Gasteiger partial charge < -0.3 is 15.4 Å². The van der Waals surface area contributed by atoms with Crippen LogP contribution >= 0.6 is 0 Å². The number of aliphatic hydroxyl groups is 1. The summed E-state index contributed by atoms with van der Waals surface area (Å²) in [6.45, 7) is 2.00. The molecule has 136 valence electrons. The lowest BCUT2D eigenvalue weighted by molar-refractivity contribution is -0.122. The van der Waals surface area contributed by atoms with Gasteiger partial charge in [-0.2, -0.15) is 5.10 Å². The van der Waals surface area contributed by atoms with Crippen LogP contribution in [0, 0.1) is 12.8 Å². The van der Waals surface area contributed by atoms with Crippen molar-refractivity contribution in [3.8, 4) is 0 Å². The summed E-state index contributed by atoms with van der Waals surface area (Å²) >= 11 is 0. The van der Waals surface area contributed by atoms with Gasteiger partial charge in [0.05, 0.1) is 24.8 Å². The molecule has 1 aliphatic carbocycles. The fraction of sp³-hybridized carbons (Fsp3) is 0.400. The number of aromatic amines is 1. The van der Waals surface area contributed by atoms with E-state index in [1.165, 1.54) is 0 Å². The summed E-state index contributed by atoms with van der Waals surface area (Å²) in [6.07, 6.45) is 5.24. The molecule has 1 amide bonds. The Morgan fingerprint density at radius 3 is 2.88 bits per heavy atom. The molecule has 0 spiro atoms. The highest BCUT2D eigenvalue weighted by Crippen LogP contribution is 2.38. The van der Waals surface area contributed by atoms with E-state index in [4.69, 9.17) is 0 Å². The average molecular weight is 352 g/mol. The van der Waals surface area contributed by atoms with Gasteiger partial charge in [0.15, 0.2) is 0 Å². The molecular formula is C20H24N4O2. The van der Waals surface area contributed by atoms with Crippen LogP contribution in [0.2, 0.25) is 0 Å². The molecule has 1 aromatic carbocycles. The highest BCUT2D eigenvalue weighted by molar-refractivity contribution is 5.90. The molecule has 1 fully saturated rings. The maximum atomic E-state index is 12.8. The third kappa shape index (κ3) is 3.12. The van der Waals surface area contributed by atoms with Crippen LogP contribution in [0.5, 0.6) is 0 Å². The normalized spacial score (nSPS) is 20.7. The van der Waals surface area contributed by atoms with Gasteiger partial charge >= 0.3 is 0 Å². The first-order valence-electron chi connectivity index (χ1n) is 9.03. The number of fused-ring (bicyclic) bond motifs is 1. The Hall–Kier alpha value is -2.60. The largest absolute Gasteiger partial charge is 0.393 e. The Labute approximate surface area is 152 Å². The van der Waals surface area contributed by atoms with E-state index in [0.717, 1.165) is 27.7 Å². The van der Waals surface area contributed by atoms with Crippen molar-refractivity contribution in [2.45, 2.75) is 38.3 Å². The first kappa shape index (κ1) is 16.8. The van der Waals surface area contributed by atoms with Crippen LogP contribution < -0.4 is 5.32 Å². The van der Waals surface area contributed by atoms with Crippen molar-refractivity contribution in [3.63, 3.8) is 0 Å². The van der Waals surface area contributed by atoms with Crippen LogP contribution in [0.25, 0.3) is 10.9 Å². The number of rotatable bonds is 5. The number of nitrogens with zero attached hydrogens (tertiary/aromatic N) is 2. The predicted octanol–water partition coefficient (Wildman–Crippen LogP) is 2.38. The second-order valence-corrected chi connectivity index (χ2v) is 7.33. The number of benzene rings is 1. The van der Waals surface area contributed by atoms with Crippen molar-refractivity contribution in [1.82, 2.24) is 20.1 Å². The maximum absolute atomic E-state index is 12.8. The fourth-order valence-electron chi connectivity index (χ4n) is 3.92. The number of hydrogen-bond donors (Lipinski definition) is 3. The second-order valence-electron chi connectivity index (χ2n) is 7.33. The molecule has 2 heterocycles. The number of amides is 1. The minimum absolute atomic E-state index is 0.00639. The van der Waals surface area contributed by atoms with Gasteiger partial charge in [-0.15, -0.1) is 0 Å². The first-order chi connectivity index (χ1) is 12.5. The van der Waals surface area contributed by atoms with Gasteiger partial charge in [-0.3, -0.25) is 9.48 Å². The summed E-state index contributed by atoms with van der Waals surface area (Å²) in [4.78, 5) is 16.2. The molecule has 6 nitrogen and oxygen atoms in total. The number of carbonyl (C=O) groups excluding carboxylic acids is 1. The SMILES string of the molecule is Cc1[nH]c2ccccc2c1CC(=O)NC(c1cnn(C)c1)C1CC(O)C1. The Morgan fingerprint density at radius 2 is 2.19 bits per heavy atom. The van der Waals surface area contributed by atoms with Gasteiger partial charge in [0, 0.05) is 35.4 Å². The molecule has 1 saturated carbocycles. The van der Waals surface area contributed by atoms with Crippen molar-refractivity contribution in [1.29, 1.82) is 0 Å². The zero-order valence-corrected chi connectivity index (χ0v) is 15.1. The van der Waals surface area contributed by atoms with E-state index in [0.29, 0.717) is 19.3 Å². The zero-order chi connectivity index (χ0) is 18.3. The molecule has 1 atom stereocenters. The molecular weight excluding hydrogens is 328 g/mol. The lowest BCUT2D eigenvalue weighted by Gasteiger charge is -2.37. The predicted molar refractivity (Wildman–Crippen MR) is 99.6 cm³/mol. The third-order valence-corrected chi connectivity index (χ3v) is 5.39. The standard InChI is InChI=1S/C20H24N4O2/c1-12-17(16-5-3-4-6-18(16)22-12)9-19(26)23-20(13-7-15(25)8-13)14-10-21-24(2)11-14/h3-6,10-11,13,15,20,22,25H,7-9H2,1-2H3,(H,23,26). The van der Waals surface area contributed by atoms with Gasteiger partial charge in [-0.1, -0.05) is 18.2 Å². The molecule has 1 aliphatic rings. The average Bonchev–Trinajstić information content (AvgIpc) is 3.14. The molecule has 6 heteroatoms. The quantitative estimate of drug-likeness (QED) is 0.659. The summed E-state index contributed by atoms with van der Waals surface area (Å²) in [5.41, 5.74) is 4.11. The van der Waals surface area contributed by atoms with Crippen LogP contribution in [0.1, 0.15) is 35.7 Å². The number of nitrogens with one attached hydrogen (secondary N) is 2. The van der Waals surface area contributed by atoms with Crippen LogP contribution in [0.3, 0.4) is 0 Å². The lowest BCUT2D eigenvalue weighted by atomic mass is 9.75. The number of hydrogen-bond acceptors (Lipinski definition) is 3. The van der Waals surface area contributed by atoms with Gasteiger partial charge in [0.25, 0.3) is 0 Å². The maximum Gasteiger partial charge on any atom is 0.225 e. The smallest absolute Gasteiger partial charge is 0.225 e. The molecule has 0 aliphatic heterocycles. The molecule has 1 unspecified atom stereocenters. The van der Waals surface area contributed by atoms with E-state index in [1.807, 2.05) is 44.4 Å². The van der Waals surface area contributed by atoms with Gasteiger partial charge in [0.1, 0.15) is 0 Å². The highest BCUT2D eigenvalue weighted by atomic mass is 16.3. The van der Waals surface area contributed by atoms with E-state index in [9.17, 15) is 9.90 Å². The van der Waals surface area contributed by atoms with Crippen molar-refractivity contribution < 1.29 is 9.90 Å². The minimum atomic E-state index is -0.257. The van der Waals surface area contributed by atoms with Crippen LogP contribution in [-0.2, 0) is 18.3 Å². The summed E-state index contributed by atoms with van der Waals surface area (Å²) in [5, 5.41) is 18.2. The van der Waals surface area contributed by atoms with Crippen molar-refractivity contribution in [3.05, 3.63) is 53.5 Å². The topological polar surface area (TPSA) is 82.9 Å². The van der Waals surface area contributed by atoms with E-state index in [-0.39, 0.29) is 24.0 Å². The number of carbonyl (C=O) groups is 1. The second kappa shape index (κ2) is 6.61. The van der Waals surface area contributed by atoms with Crippen LogP contribution in [0.4, 0.5) is 0 Å². The van der Waals surface area contributed by atoms with Crippen molar-refractivity contribution in [2.75, 3.05) is 0 Å².